The molecule has 2 rings (SSSR count). The molecule has 1 amide bonds. The van der Waals surface area contributed by atoms with Crippen LogP contribution >= 0.6 is 0 Å². The summed E-state index contributed by atoms with van der Waals surface area (Å²) in [5.41, 5.74) is 1.45. The first kappa shape index (κ1) is 16.2. The van der Waals surface area contributed by atoms with Gasteiger partial charge < -0.3 is 16.0 Å². The number of nitrogens with one attached hydrogen (secondary N) is 3. The molecule has 0 aliphatic carbocycles. The van der Waals surface area contributed by atoms with Gasteiger partial charge in [-0.05, 0) is 44.4 Å². The molecular formula is C15H22N4O3. The van der Waals surface area contributed by atoms with Crippen LogP contribution in [-0.2, 0) is 4.79 Å². The Morgan fingerprint density at radius 1 is 1.45 bits per heavy atom. The molecule has 1 fully saturated rings. The molecule has 1 aromatic rings. The lowest BCUT2D eigenvalue weighted by atomic mass is 10.2. The third kappa shape index (κ3) is 4.42. The van der Waals surface area contributed by atoms with Crippen molar-refractivity contribution in [1.29, 1.82) is 0 Å². The minimum Gasteiger partial charge on any atom is -0.379 e. The molecule has 0 spiro atoms. The summed E-state index contributed by atoms with van der Waals surface area (Å²) in [6.07, 6.45) is 2.64. The first-order valence-corrected chi connectivity index (χ1v) is 7.58. The lowest BCUT2D eigenvalue weighted by Gasteiger charge is -2.11. The van der Waals surface area contributed by atoms with Crippen LogP contribution in [0.4, 0.5) is 11.4 Å². The van der Waals surface area contributed by atoms with Crippen LogP contribution in [0.25, 0.3) is 0 Å². The van der Waals surface area contributed by atoms with Crippen LogP contribution in [0.2, 0.25) is 0 Å². The Bertz CT molecular complexity index is 542. The minimum atomic E-state index is -0.386. The maximum absolute atomic E-state index is 11.8. The molecule has 0 bridgehead atoms. The average Bonchev–Trinajstić information content (AvgIpc) is 3.02. The molecule has 3 N–H and O–H groups in total. The Morgan fingerprint density at radius 2 is 2.27 bits per heavy atom. The number of nitro groups is 1. The molecule has 7 heteroatoms. The number of nitro benzene ring substituents is 1. The third-order valence-electron chi connectivity index (χ3n) is 3.69. The highest BCUT2D eigenvalue weighted by molar-refractivity contribution is 5.81. The van der Waals surface area contributed by atoms with Gasteiger partial charge >= 0.3 is 0 Å². The molecule has 7 nitrogen and oxygen atoms in total. The summed E-state index contributed by atoms with van der Waals surface area (Å²) in [5, 5.41) is 20.1. The van der Waals surface area contributed by atoms with Crippen molar-refractivity contribution in [3.8, 4) is 0 Å². The summed E-state index contributed by atoms with van der Waals surface area (Å²) in [7, 11) is 0. The second-order valence-corrected chi connectivity index (χ2v) is 5.50. The molecule has 1 aliphatic heterocycles. The van der Waals surface area contributed by atoms with E-state index >= 15 is 0 Å². The van der Waals surface area contributed by atoms with E-state index in [0.717, 1.165) is 24.9 Å². The number of amides is 1. The smallest absolute Gasteiger partial charge is 0.292 e. The number of hydrogen-bond acceptors (Lipinski definition) is 5. The fourth-order valence-electron chi connectivity index (χ4n) is 2.50. The summed E-state index contributed by atoms with van der Waals surface area (Å²) < 4.78 is 0. The number of benzene rings is 1. The zero-order valence-electron chi connectivity index (χ0n) is 12.7. The van der Waals surface area contributed by atoms with Crippen molar-refractivity contribution >= 4 is 17.3 Å². The van der Waals surface area contributed by atoms with Crippen LogP contribution in [0.5, 0.6) is 0 Å². The van der Waals surface area contributed by atoms with Crippen molar-refractivity contribution in [2.45, 2.75) is 32.2 Å². The summed E-state index contributed by atoms with van der Waals surface area (Å²) in [5.74, 6) is 0.0406. The van der Waals surface area contributed by atoms with Crippen LogP contribution in [0.1, 0.15) is 24.8 Å². The molecule has 0 aromatic heterocycles. The van der Waals surface area contributed by atoms with Crippen molar-refractivity contribution < 1.29 is 9.72 Å². The number of rotatable bonds is 7. The molecule has 1 atom stereocenters. The lowest BCUT2D eigenvalue weighted by molar-refractivity contribution is -0.384. The quantitative estimate of drug-likeness (QED) is 0.404. The van der Waals surface area contributed by atoms with E-state index in [1.807, 2.05) is 13.0 Å². The lowest BCUT2D eigenvalue weighted by Crippen LogP contribution is -2.41. The topological polar surface area (TPSA) is 96.3 Å². The molecule has 0 radical (unpaired) electrons. The fraction of sp³-hybridized carbons (Fsp3) is 0.533. The van der Waals surface area contributed by atoms with E-state index < -0.39 is 0 Å². The van der Waals surface area contributed by atoms with Crippen LogP contribution in [-0.4, -0.2) is 36.5 Å². The Balaban J connectivity index is 1.72. The second-order valence-electron chi connectivity index (χ2n) is 5.50. The monoisotopic (exact) mass is 306 g/mol. The van der Waals surface area contributed by atoms with E-state index in [1.54, 1.807) is 12.1 Å². The van der Waals surface area contributed by atoms with Gasteiger partial charge in [0.15, 0.2) is 0 Å². The van der Waals surface area contributed by atoms with Gasteiger partial charge in [0.05, 0.1) is 11.0 Å². The molecule has 0 saturated carbocycles. The van der Waals surface area contributed by atoms with Crippen LogP contribution in [0.3, 0.4) is 0 Å². The van der Waals surface area contributed by atoms with Crippen molar-refractivity contribution in [3.05, 3.63) is 33.9 Å². The predicted molar refractivity (Wildman–Crippen MR) is 85.0 cm³/mol. The van der Waals surface area contributed by atoms with Crippen molar-refractivity contribution in [3.63, 3.8) is 0 Å². The average molecular weight is 306 g/mol. The first-order chi connectivity index (χ1) is 10.6. The number of anilines is 1. The maximum atomic E-state index is 11.8. The highest BCUT2D eigenvalue weighted by atomic mass is 16.6. The summed E-state index contributed by atoms with van der Waals surface area (Å²) >= 11 is 0. The van der Waals surface area contributed by atoms with Gasteiger partial charge in [0.2, 0.25) is 5.91 Å². The van der Waals surface area contributed by atoms with E-state index in [0.29, 0.717) is 25.2 Å². The fourth-order valence-corrected chi connectivity index (χ4v) is 2.50. The van der Waals surface area contributed by atoms with Gasteiger partial charge in [-0.2, -0.15) is 0 Å². The molecule has 120 valence electrons. The van der Waals surface area contributed by atoms with E-state index in [9.17, 15) is 14.9 Å². The third-order valence-corrected chi connectivity index (χ3v) is 3.69. The summed E-state index contributed by atoms with van der Waals surface area (Å²) in [6, 6.07) is 5.04. The number of hydrogen-bond donors (Lipinski definition) is 3. The normalized spacial score (nSPS) is 17.2. The highest BCUT2D eigenvalue weighted by Crippen LogP contribution is 2.25. The molecule has 22 heavy (non-hydrogen) atoms. The zero-order valence-corrected chi connectivity index (χ0v) is 12.7. The minimum absolute atomic E-state index is 0.0406. The predicted octanol–water partition coefficient (Wildman–Crippen LogP) is 1.57. The highest BCUT2D eigenvalue weighted by Gasteiger charge is 2.21. The van der Waals surface area contributed by atoms with Gasteiger partial charge in [-0.1, -0.05) is 6.07 Å². The molecular weight excluding hydrogens is 284 g/mol. The molecule has 1 heterocycles. The maximum Gasteiger partial charge on any atom is 0.292 e. The van der Waals surface area contributed by atoms with E-state index in [-0.39, 0.29) is 22.6 Å². The Labute approximate surface area is 129 Å². The summed E-state index contributed by atoms with van der Waals surface area (Å²) in [6.45, 7) is 3.85. The Hall–Kier alpha value is -2.15. The van der Waals surface area contributed by atoms with E-state index in [1.165, 1.54) is 0 Å². The number of carbonyl (C=O) groups excluding carboxylic acids is 1. The van der Waals surface area contributed by atoms with Crippen molar-refractivity contribution in [2.75, 3.05) is 25.0 Å². The first-order valence-electron chi connectivity index (χ1n) is 7.58. The van der Waals surface area contributed by atoms with Crippen molar-refractivity contribution in [1.82, 2.24) is 10.6 Å². The van der Waals surface area contributed by atoms with Gasteiger partial charge in [0.25, 0.3) is 5.69 Å². The standard InChI is InChI=1S/C15H22N4O3/c1-11-5-6-12(14(10-11)19(21)22)16-8-3-9-18-15(20)13-4-2-7-17-13/h5-6,10,13,16-17H,2-4,7-9H2,1H3,(H,18,20). The SMILES string of the molecule is Cc1ccc(NCCCNC(=O)C2CCCN2)c([N+](=O)[O-])c1. The van der Waals surface area contributed by atoms with Crippen molar-refractivity contribution in [2.24, 2.45) is 0 Å². The Morgan fingerprint density at radius 3 is 2.95 bits per heavy atom. The van der Waals surface area contributed by atoms with Crippen LogP contribution < -0.4 is 16.0 Å². The van der Waals surface area contributed by atoms with E-state index in [4.69, 9.17) is 0 Å². The molecule has 1 aliphatic rings. The molecule has 1 saturated heterocycles. The number of aryl methyl sites for hydroxylation is 1. The van der Waals surface area contributed by atoms with Crippen LogP contribution in [0.15, 0.2) is 18.2 Å². The number of carbonyl (C=O) groups is 1. The van der Waals surface area contributed by atoms with Gasteiger partial charge in [-0.3, -0.25) is 14.9 Å². The summed E-state index contributed by atoms with van der Waals surface area (Å²) in [4.78, 5) is 22.4. The number of nitrogens with zero attached hydrogens (tertiary/aromatic N) is 1. The van der Waals surface area contributed by atoms with Gasteiger partial charge in [-0.25, -0.2) is 0 Å². The molecule has 1 unspecified atom stereocenters. The van der Waals surface area contributed by atoms with E-state index in [2.05, 4.69) is 16.0 Å². The second kappa shape index (κ2) is 7.74. The van der Waals surface area contributed by atoms with Crippen LogP contribution in [0, 0.1) is 17.0 Å². The molecule has 1 aromatic carbocycles. The largest absolute Gasteiger partial charge is 0.379 e. The van der Waals surface area contributed by atoms with Gasteiger partial charge in [0.1, 0.15) is 5.69 Å². The Kier molecular flexibility index (Phi) is 5.71. The van der Waals surface area contributed by atoms with Gasteiger partial charge in [-0.15, -0.1) is 0 Å². The van der Waals surface area contributed by atoms with Gasteiger partial charge in [0, 0.05) is 19.2 Å². The zero-order chi connectivity index (χ0) is 15.9.